The molecule has 0 aliphatic carbocycles. The number of amides is 1. The molecule has 1 aromatic carbocycles. The third-order valence-corrected chi connectivity index (χ3v) is 4.26. The molecule has 1 N–H and O–H groups in total. The average molecular weight is 348 g/mol. The van der Waals surface area contributed by atoms with E-state index in [9.17, 15) is 19.1 Å². The van der Waals surface area contributed by atoms with Crippen molar-refractivity contribution < 1.29 is 28.3 Å². The molecular formula is C17H17FN2O5. The number of hydrogen-bond donors (Lipinski definition) is 1. The minimum absolute atomic E-state index is 0.0711. The van der Waals surface area contributed by atoms with Crippen LogP contribution in [0.1, 0.15) is 29.6 Å². The van der Waals surface area contributed by atoms with Crippen LogP contribution in [-0.4, -0.2) is 40.1 Å². The fourth-order valence-corrected chi connectivity index (χ4v) is 2.66. The van der Waals surface area contributed by atoms with Gasteiger partial charge >= 0.3 is 5.97 Å². The van der Waals surface area contributed by atoms with Crippen molar-refractivity contribution in [2.45, 2.75) is 20.0 Å². The van der Waals surface area contributed by atoms with Gasteiger partial charge in [0.2, 0.25) is 0 Å². The van der Waals surface area contributed by atoms with Crippen molar-refractivity contribution in [1.82, 2.24) is 10.1 Å². The summed E-state index contributed by atoms with van der Waals surface area (Å²) in [7, 11) is 0. The van der Waals surface area contributed by atoms with E-state index in [0.717, 1.165) is 0 Å². The molecule has 7 nitrogen and oxygen atoms in total. The molecule has 1 unspecified atom stereocenters. The van der Waals surface area contributed by atoms with Crippen LogP contribution in [0.15, 0.2) is 34.9 Å². The van der Waals surface area contributed by atoms with E-state index in [0.29, 0.717) is 13.0 Å². The number of benzene rings is 1. The maximum Gasteiger partial charge on any atom is 0.311 e. The highest BCUT2D eigenvalue weighted by Crippen LogP contribution is 2.31. The van der Waals surface area contributed by atoms with Gasteiger partial charge in [-0.1, -0.05) is 17.3 Å². The first kappa shape index (κ1) is 16.9. The molecule has 25 heavy (non-hydrogen) atoms. The van der Waals surface area contributed by atoms with Crippen LogP contribution in [-0.2, 0) is 11.4 Å². The molecule has 1 aliphatic rings. The van der Waals surface area contributed by atoms with E-state index in [1.54, 1.807) is 19.1 Å². The molecule has 2 aromatic rings. The third kappa shape index (κ3) is 3.47. The van der Waals surface area contributed by atoms with Gasteiger partial charge in [-0.15, -0.1) is 0 Å². The average Bonchev–Trinajstić information content (AvgIpc) is 3.21. The van der Waals surface area contributed by atoms with E-state index in [-0.39, 0.29) is 30.4 Å². The number of ether oxygens (including phenoxy) is 1. The number of carbonyl (C=O) groups is 2. The van der Waals surface area contributed by atoms with E-state index in [2.05, 4.69) is 5.16 Å². The predicted octanol–water partition coefficient (Wildman–Crippen LogP) is 2.33. The number of nitrogens with zero attached hydrogens (tertiary/aromatic N) is 2. The van der Waals surface area contributed by atoms with E-state index >= 15 is 0 Å². The van der Waals surface area contributed by atoms with Crippen LogP contribution >= 0.6 is 0 Å². The third-order valence-electron chi connectivity index (χ3n) is 4.26. The minimum Gasteiger partial charge on any atom is -0.482 e. The summed E-state index contributed by atoms with van der Waals surface area (Å²) in [6.07, 6.45) is 0.384. The Morgan fingerprint density at radius 2 is 2.20 bits per heavy atom. The van der Waals surface area contributed by atoms with Gasteiger partial charge < -0.3 is 19.3 Å². The number of carboxylic acids is 1. The van der Waals surface area contributed by atoms with Gasteiger partial charge in [0.15, 0.2) is 23.0 Å². The zero-order chi connectivity index (χ0) is 18.0. The monoisotopic (exact) mass is 348 g/mol. The van der Waals surface area contributed by atoms with Gasteiger partial charge in [0.25, 0.3) is 5.91 Å². The Morgan fingerprint density at radius 3 is 2.88 bits per heavy atom. The maximum atomic E-state index is 13.5. The number of likely N-dealkylation sites (tertiary alicyclic amines) is 1. The van der Waals surface area contributed by atoms with Crippen LogP contribution in [0.4, 0.5) is 4.39 Å². The van der Waals surface area contributed by atoms with Crippen molar-refractivity contribution >= 4 is 11.9 Å². The summed E-state index contributed by atoms with van der Waals surface area (Å²) in [4.78, 5) is 25.1. The molecule has 8 heteroatoms. The van der Waals surface area contributed by atoms with Crippen LogP contribution in [0.5, 0.6) is 5.75 Å². The number of halogens is 1. The Balaban J connectivity index is 1.63. The number of carbonyl (C=O) groups excluding carboxylic acids is 1. The molecule has 1 atom stereocenters. The molecule has 1 fully saturated rings. The Bertz CT molecular complexity index is 806. The second kappa shape index (κ2) is 6.54. The standard InChI is InChI=1S/C17H17FN2O5/c1-17(16(22)23)6-7-20(10-17)15(21)13-8-11(25-19-13)9-24-14-5-3-2-4-12(14)18/h2-5,8H,6-7,9-10H2,1H3,(H,22,23). The number of rotatable bonds is 5. The molecule has 132 valence electrons. The molecule has 0 radical (unpaired) electrons. The van der Waals surface area contributed by atoms with E-state index < -0.39 is 23.1 Å². The van der Waals surface area contributed by atoms with E-state index in [1.165, 1.54) is 23.1 Å². The van der Waals surface area contributed by atoms with Crippen LogP contribution < -0.4 is 4.74 Å². The highest BCUT2D eigenvalue weighted by atomic mass is 19.1. The van der Waals surface area contributed by atoms with Gasteiger partial charge in [-0.25, -0.2) is 4.39 Å². The SMILES string of the molecule is CC1(C(=O)O)CCN(C(=O)c2cc(COc3ccccc3F)on2)C1. The lowest BCUT2D eigenvalue weighted by Gasteiger charge is -2.19. The van der Waals surface area contributed by atoms with E-state index in [1.807, 2.05) is 0 Å². The summed E-state index contributed by atoms with van der Waals surface area (Å²) in [5.41, 5.74) is -0.877. The molecule has 0 saturated carbocycles. The first-order valence-electron chi connectivity index (χ1n) is 7.75. The molecule has 0 spiro atoms. The molecular weight excluding hydrogens is 331 g/mol. The first-order valence-corrected chi connectivity index (χ1v) is 7.75. The predicted molar refractivity (Wildman–Crippen MR) is 83.5 cm³/mol. The number of hydrogen-bond acceptors (Lipinski definition) is 5. The van der Waals surface area contributed by atoms with Crippen LogP contribution in [0.25, 0.3) is 0 Å². The molecule has 1 amide bonds. The fourth-order valence-electron chi connectivity index (χ4n) is 2.66. The van der Waals surface area contributed by atoms with Gasteiger partial charge in [-0.2, -0.15) is 0 Å². The quantitative estimate of drug-likeness (QED) is 0.891. The summed E-state index contributed by atoms with van der Waals surface area (Å²) in [6, 6.07) is 7.36. The van der Waals surface area contributed by atoms with Gasteiger partial charge in [0.05, 0.1) is 5.41 Å². The topological polar surface area (TPSA) is 92.9 Å². The lowest BCUT2D eigenvalue weighted by molar-refractivity contribution is -0.147. The molecule has 0 bridgehead atoms. The Kier molecular flexibility index (Phi) is 4.43. The Labute approximate surface area is 143 Å². The zero-order valence-electron chi connectivity index (χ0n) is 13.6. The highest BCUT2D eigenvalue weighted by molar-refractivity contribution is 5.93. The number of para-hydroxylation sites is 1. The van der Waals surface area contributed by atoms with Gasteiger partial charge in [-0.3, -0.25) is 9.59 Å². The lowest BCUT2D eigenvalue weighted by atomic mass is 9.90. The van der Waals surface area contributed by atoms with Crippen LogP contribution in [0.2, 0.25) is 0 Å². The minimum atomic E-state index is -0.948. The van der Waals surface area contributed by atoms with Crippen molar-refractivity contribution in [2.75, 3.05) is 13.1 Å². The van der Waals surface area contributed by atoms with Gasteiger partial charge in [-0.05, 0) is 25.5 Å². The molecule has 1 aromatic heterocycles. The fraction of sp³-hybridized carbons (Fsp3) is 0.353. The van der Waals surface area contributed by atoms with Crippen molar-refractivity contribution in [3.8, 4) is 5.75 Å². The van der Waals surface area contributed by atoms with Crippen molar-refractivity contribution in [1.29, 1.82) is 0 Å². The summed E-state index contributed by atoms with van der Waals surface area (Å²) in [6.45, 7) is 2.00. The lowest BCUT2D eigenvalue weighted by Crippen LogP contribution is -2.35. The molecule has 3 rings (SSSR count). The maximum absolute atomic E-state index is 13.5. The van der Waals surface area contributed by atoms with Crippen LogP contribution in [0, 0.1) is 11.2 Å². The van der Waals surface area contributed by atoms with Gasteiger partial charge in [0.1, 0.15) is 6.61 Å². The smallest absolute Gasteiger partial charge is 0.311 e. The summed E-state index contributed by atoms with van der Waals surface area (Å²) >= 11 is 0. The van der Waals surface area contributed by atoms with E-state index in [4.69, 9.17) is 9.26 Å². The largest absolute Gasteiger partial charge is 0.482 e. The number of aliphatic carboxylic acids is 1. The first-order chi connectivity index (χ1) is 11.9. The highest BCUT2D eigenvalue weighted by Gasteiger charge is 2.42. The number of aromatic nitrogens is 1. The second-order valence-corrected chi connectivity index (χ2v) is 6.24. The van der Waals surface area contributed by atoms with Crippen molar-refractivity contribution in [3.05, 3.63) is 47.6 Å². The van der Waals surface area contributed by atoms with Crippen molar-refractivity contribution in [3.63, 3.8) is 0 Å². The molecule has 1 aliphatic heterocycles. The van der Waals surface area contributed by atoms with Gasteiger partial charge in [0, 0.05) is 19.2 Å². The summed E-state index contributed by atoms with van der Waals surface area (Å²) in [5.74, 6) is -1.48. The normalized spacial score (nSPS) is 19.8. The Morgan fingerprint density at radius 1 is 1.44 bits per heavy atom. The second-order valence-electron chi connectivity index (χ2n) is 6.24. The summed E-state index contributed by atoms with van der Waals surface area (Å²) in [5, 5.41) is 12.9. The number of carboxylic acid groups (broad SMARTS) is 1. The molecule has 1 saturated heterocycles. The zero-order valence-corrected chi connectivity index (χ0v) is 13.6. The molecule has 2 heterocycles. The Hall–Kier alpha value is -2.90. The van der Waals surface area contributed by atoms with Crippen LogP contribution in [0.3, 0.4) is 0 Å². The summed E-state index contributed by atoms with van der Waals surface area (Å²) < 4.78 is 23.8. The van der Waals surface area contributed by atoms with Crippen molar-refractivity contribution in [2.24, 2.45) is 5.41 Å².